The summed E-state index contributed by atoms with van der Waals surface area (Å²) in [6, 6.07) is 9.45. The molecule has 0 unspecified atom stereocenters. The molecule has 23 heavy (non-hydrogen) atoms. The highest BCUT2D eigenvalue weighted by Gasteiger charge is 2.23. The molecule has 6 heteroatoms. The standard InChI is InChI=1S/C17H16O5S/c1-10(2)22-15(18)9-21-17(19)14-7-11-8-20-13-6-4-3-5-12(13)16(11)23-14/h3-7,10H,8-9H2,1-2H3. The SMILES string of the molecule is CC(C)OC(=O)COC(=O)c1cc2c(s1)-c1ccccc1OC2. The zero-order valence-electron chi connectivity index (χ0n) is 12.8. The van der Waals surface area contributed by atoms with E-state index >= 15 is 0 Å². The number of thiophene rings is 1. The van der Waals surface area contributed by atoms with E-state index < -0.39 is 11.9 Å². The van der Waals surface area contributed by atoms with Gasteiger partial charge in [0, 0.05) is 16.0 Å². The normalized spacial score (nSPS) is 12.1. The second-order valence-corrected chi connectivity index (χ2v) is 6.42. The number of fused-ring (bicyclic) bond motifs is 3. The van der Waals surface area contributed by atoms with Crippen molar-refractivity contribution < 1.29 is 23.8 Å². The highest BCUT2D eigenvalue weighted by molar-refractivity contribution is 7.17. The Labute approximate surface area is 137 Å². The van der Waals surface area contributed by atoms with Gasteiger partial charge in [-0.05, 0) is 32.0 Å². The maximum Gasteiger partial charge on any atom is 0.348 e. The van der Waals surface area contributed by atoms with Gasteiger partial charge in [0.25, 0.3) is 0 Å². The Morgan fingerprint density at radius 3 is 2.87 bits per heavy atom. The van der Waals surface area contributed by atoms with Crippen molar-refractivity contribution in [2.75, 3.05) is 6.61 Å². The second kappa shape index (κ2) is 6.42. The molecule has 5 nitrogen and oxygen atoms in total. The molecule has 1 aromatic heterocycles. The third-order valence-electron chi connectivity index (χ3n) is 3.21. The lowest BCUT2D eigenvalue weighted by molar-refractivity contribution is -0.150. The van der Waals surface area contributed by atoms with Crippen LogP contribution in [0.4, 0.5) is 0 Å². The molecule has 0 N–H and O–H groups in total. The van der Waals surface area contributed by atoms with Crippen LogP contribution in [0.25, 0.3) is 10.4 Å². The van der Waals surface area contributed by atoms with Gasteiger partial charge in [0.15, 0.2) is 6.61 Å². The van der Waals surface area contributed by atoms with E-state index in [9.17, 15) is 9.59 Å². The van der Waals surface area contributed by atoms with Crippen LogP contribution in [0.5, 0.6) is 5.75 Å². The van der Waals surface area contributed by atoms with E-state index in [1.54, 1.807) is 19.9 Å². The Kier molecular flexibility index (Phi) is 4.34. The van der Waals surface area contributed by atoms with E-state index in [1.807, 2.05) is 24.3 Å². The monoisotopic (exact) mass is 332 g/mol. The average molecular weight is 332 g/mol. The van der Waals surface area contributed by atoms with Crippen LogP contribution in [0.1, 0.15) is 29.1 Å². The minimum atomic E-state index is -0.552. The number of ether oxygens (including phenoxy) is 3. The highest BCUT2D eigenvalue weighted by Crippen LogP contribution is 2.42. The molecular formula is C17H16O5S. The second-order valence-electron chi connectivity index (χ2n) is 5.36. The number of para-hydroxylation sites is 1. The van der Waals surface area contributed by atoms with Gasteiger partial charge in [-0.15, -0.1) is 11.3 Å². The fourth-order valence-electron chi connectivity index (χ4n) is 2.29. The van der Waals surface area contributed by atoms with Crippen molar-refractivity contribution in [2.45, 2.75) is 26.6 Å². The Hall–Kier alpha value is -2.34. The minimum absolute atomic E-state index is 0.232. The molecule has 0 saturated carbocycles. The Morgan fingerprint density at radius 2 is 2.09 bits per heavy atom. The van der Waals surface area contributed by atoms with E-state index in [2.05, 4.69) is 0 Å². The lowest BCUT2D eigenvalue weighted by atomic mass is 10.1. The molecule has 3 rings (SSSR count). The molecule has 1 aliphatic rings. The lowest BCUT2D eigenvalue weighted by Crippen LogP contribution is -2.19. The van der Waals surface area contributed by atoms with Gasteiger partial charge in [0.1, 0.15) is 17.2 Å². The summed E-state index contributed by atoms with van der Waals surface area (Å²) in [6.45, 7) is 3.52. The fraction of sp³-hybridized carbons (Fsp3) is 0.294. The summed E-state index contributed by atoms with van der Waals surface area (Å²) in [5, 5.41) is 0. The number of benzene rings is 1. The number of hydrogen-bond acceptors (Lipinski definition) is 6. The van der Waals surface area contributed by atoms with E-state index in [4.69, 9.17) is 14.2 Å². The van der Waals surface area contributed by atoms with Crippen LogP contribution in [0.2, 0.25) is 0 Å². The average Bonchev–Trinajstić information content (AvgIpc) is 2.96. The third kappa shape index (κ3) is 3.37. The van der Waals surface area contributed by atoms with E-state index in [0.717, 1.165) is 21.8 Å². The summed E-state index contributed by atoms with van der Waals surface area (Å²) >= 11 is 1.35. The molecule has 2 heterocycles. The van der Waals surface area contributed by atoms with Gasteiger partial charge in [-0.2, -0.15) is 0 Å². The molecule has 0 bridgehead atoms. The van der Waals surface area contributed by atoms with E-state index in [1.165, 1.54) is 11.3 Å². The van der Waals surface area contributed by atoms with Crippen LogP contribution in [-0.2, 0) is 20.9 Å². The van der Waals surface area contributed by atoms with Gasteiger partial charge >= 0.3 is 11.9 Å². The first-order valence-electron chi connectivity index (χ1n) is 7.26. The van der Waals surface area contributed by atoms with Crippen molar-refractivity contribution in [3.63, 3.8) is 0 Å². The topological polar surface area (TPSA) is 61.8 Å². The van der Waals surface area contributed by atoms with Crippen molar-refractivity contribution in [1.82, 2.24) is 0 Å². The van der Waals surface area contributed by atoms with E-state index in [-0.39, 0.29) is 12.7 Å². The van der Waals surface area contributed by atoms with Crippen LogP contribution >= 0.6 is 11.3 Å². The van der Waals surface area contributed by atoms with Crippen LogP contribution in [0.15, 0.2) is 30.3 Å². The molecule has 0 spiro atoms. The summed E-state index contributed by atoms with van der Waals surface area (Å²) < 4.78 is 15.6. The molecule has 0 saturated heterocycles. The van der Waals surface area contributed by atoms with Crippen molar-refractivity contribution in [3.05, 3.63) is 40.8 Å². The number of carbonyl (C=O) groups excluding carboxylic acids is 2. The molecule has 0 atom stereocenters. The summed E-state index contributed by atoms with van der Waals surface area (Å²) in [5.41, 5.74) is 1.92. The van der Waals surface area contributed by atoms with Crippen molar-refractivity contribution in [1.29, 1.82) is 0 Å². The van der Waals surface area contributed by atoms with Gasteiger partial charge < -0.3 is 14.2 Å². The predicted octanol–water partition coefficient (Wildman–Crippen LogP) is 3.42. The number of hydrogen-bond donors (Lipinski definition) is 0. The first-order valence-corrected chi connectivity index (χ1v) is 8.07. The first kappa shape index (κ1) is 15.6. The highest BCUT2D eigenvalue weighted by atomic mass is 32.1. The van der Waals surface area contributed by atoms with Crippen molar-refractivity contribution in [3.8, 4) is 16.2 Å². The number of rotatable bonds is 4. The first-order chi connectivity index (χ1) is 11.0. The van der Waals surface area contributed by atoms with Gasteiger partial charge in [-0.25, -0.2) is 9.59 Å². The zero-order chi connectivity index (χ0) is 16.4. The van der Waals surface area contributed by atoms with E-state index in [0.29, 0.717) is 11.5 Å². The molecular weight excluding hydrogens is 316 g/mol. The predicted molar refractivity (Wildman–Crippen MR) is 85.6 cm³/mol. The van der Waals surface area contributed by atoms with Crippen LogP contribution in [0, 0.1) is 0 Å². The summed E-state index contributed by atoms with van der Waals surface area (Å²) in [6.07, 6.45) is -0.232. The fourth-order valence-corrected chi connectivity index (χ4v) is 3.38. The number of esters is 2. The maximum absolute atomic E-state index is 12.1. The summed E-state index contributed by atoms with van der Waals surface area (Å²) in [5.74, 6) is -0.270. The summed E-state index contributed by atoms with van der Waals surface area (Å²) in [4.78, 5) is 25.0. The lowest BCUT2D eigenvalue weighted by Gasteiger charge is -2.16. The number of carbonyl (C=O) groups is 2. The molecule has 1 aliphatic heterocycles. The Balaban J connectivity index is 1.72. The maximum atomic E-state index is 12.1. The molecule has 1 aromatic carbocycles. The zero-order valence-corrected chi connectivity index (χ0v) is 13.6. The minimum Gasteiger partial charge on any atom is -0.488 e. The third-order valence-corrected chi connectivity index (χ3v) is 4.40. The molecule has 0 amide bonds. The Bertz CT molecular complexity index is 747. The smallest absolute Gasteiger partial charge is 0.348 e. The van der Waals surface area contributed by atoms with Gasteiger partial charge in [-0.3, -0.25) is 0 Å². The quantitative estimate of drug-likeness (QED) is 0.803. The van der Waals surface area contributed by atoms with Crippen molar-refractivity contribution >= 4 is 23.3 Å². The Morgan fingerprint density at radius 1 is 1.30 bits per heavy atom. The van der Waals surface area contributed by atoms with Gasteiger partial charge in [0.2, 0.25) is 0 Å². The summed E-state index contributed by atoms with van der Waals surface area (Å²) in [7, 11) is 0. The van der Waals surface area contributed by atoms with Crippen molar-refractivity contribution in [2.24, 2.45) is 0 Å². The molecule has 0 aliphatic carbocycles. The molecule has 0 radical (unpaired) electrons. The largest absolute Gasteiger partial charge is 0.488 e. The van der Waals surface area contributed by atoms with Crippen LogP contribution in [0.3, 0.4) is 0 Å². The molecule has 0 fully saturated rings. The van der Waals surface area contributed by atoms with Gasteiger partial charge in [0.05, 0.1) is 6.10 Å². The molecule has 2 aromatic rings. The van der Waals surface area contributed by atoms with Crippen LogP contribution in [-0.4, -0.2) is 24.6 Å². The molecule has 120 valence electrons. The van der Waals surface area contributed by atoms with Crippen LogP contribution < -0.4 is 4.74 Å². The van der Waals surface area contributed by atoms with Gasteiger partial charge in [-0.1, -0.05) is 12.1 Å².